The summed E-state index contributed by atoms with van der Waals surface area (Å²) in [6.07, 6.45) is -0.389. The summed E-state index contributed by atoms with van der Waals surface area (Å²) in [5.74, 6) is -0.719. The maximum absolute atomic E-state index is 13.9. The fourth-order valence-corrected chi connectivity index (χ4v) is 4.31. The molecule has 2 N–H and O–H groups in total. The minimum absolute atomic E-state index is 0.0933. The van der Waals surface area contributed by atoms with Crippen molar-refractivity contribution >= 4 is 6.09 Å². The van der Waals surface area contributed by atoms with E-state index >= 15 is 0 Å². The van der Waals surface area contributed by atoms with Gasteiger partial charge in [0.15, 0.2) is 0 Å². The molecule has 4 nitrogen and oxygen atoms in total. The normalized spacial score (nSPS) is 24.8. The lowest BCUT2D eigenvalue weighted by molar-refractivity contribution is 0.136. The summed E-state index contributed by atoms with van der Waals surface area (Å²) < 4.78 is 13.9. The van der Waals surface area contributed by atoms with Crippen LogP contribution in [0.15, 0.2) is 42.5 Å². The van der Waals surface area contributed by atoms with Crippen molar-refractivity contribution < 1.29 is 19.4 Å². The number of carbonyl (C=O) groups is 1. The van der Waals surface area contributed by atoms with Crippen molar-refractivity contribution in [2.24, 2.45) is 5.92 Å². The SMILES string of the molecule is O=C(O)N1CC(CO)[C@@H]2c3ccccc3Cc3ccc(F)cc3[C@H]21. The van der Waals surface area contributed by atoms with Crippen LogP contribution in [0.5, 0.6) is 0 Å². The van der Waals surface area contributed by atoms with Crippen LogP contribution in [0.4, 0.5) is 9.18 Å². The van der Waals surface area contributed by atoms with Crippen molar-refractivity contribution in [3.8, 4) is 0 Å². The van der Waals surface area contributed by atoms with Gasteiger partial charge in [0.1, 0.15) is 5.82 Å². The van der Waals surface area contributed by atoms with Gasteiger partial charge in [0.2, 0.25) is 0 Å². The molecule has 1 saturated heterocycles. The van der Waals surface area contributed by atoms with Gasteiger partial charge < -0.3 is 15.1 Å². The second-order valence-electron chi connectivity index (χ2n) is 6.57. The van der Waals surface area contributed by atoms with E-state index in [1.54, 1.807) is 6.07 Å². The van der Waals surface area contributed by atoms with Gasteiger partial charge in [-0.05, 0) is 40.8 Å². The summed E-state index contributed by atoms with van der Waals surface area (Å²) in [6, 6.07) is 12.1. The minimum atomic E-state index is -1.03. The Hall–Kier alpha value is -2.40. The van der Waals surface area contributed by atoms with E-state index in [1.165, 1.54) is 17.0 Å². The van der Waals surface area contributed by atoms with Crippen LogP contribution in [0.2, 0.25) is 0 Å². The Bertz CT molecular complexity index is 807. The van der Waals surface area contributed by atoms with E-state index in [-0.39, 0.29) is 30.8 Å². The molecule has 2 aromatic rings. The number of aliphatic hydroxyl groups excluding tert-OH is 1. The topological polar surface area (TPSA) is 60.8 Å². The summed E-state index contributed by atoms with van der Waals surface area (Å²) in [5, 5.41) is 19.5. The molecule has 24 heavy (non-hydrogen) atoms. The number of rotatable bonds is 1. The molecule has 0 saturated carbocycles. The second kappa shape index (κ2) is 5.60. The van der Waals surface area contributed by atoms with E-state index in [9.17, 15) is 19.4 Å². The van der Waals surface area contributed by atoms with E-state index in [2.05, 4.69) is 0 Å². The molecule has 0 bridgehead atoms. The smallest absolute Gasteiger partial charge is 0.407 e. The van der Waals surface area contributed by atoms with Crippen LogP contribution in [0.25, 0.3) is 0 Å². The summed E-state index contributed by atoms with van der Waals surface area (Å²) in [5.41, 5.74) is 3.83. The third-order valence-electron chi connectivity index (χ3n) is 5.32. The maximum atomic E-state index is 13.9. The number of fused-ring (bicyclic) bond motifs is 5. The quantitative estimate of drug-likeness (QED) is 0.846. The highest BCUT2D eigenvalue weighted by Crippen LogP contribution is 2.51. The number of aliphatic hydroxyl groups is 1. The number of hydrogen-bond acceptors (Lipinski definition) is 2. The molecule has 1 aliphatic carbocycles. The first-order valence-corrected chi connectivity index (χ1v) is 8.06. The molecule has 124 valence electrons. The zero-order valence-corrected chi connectivity index (χ0v) is 13.0. The zero-order valence-electron chi connectivity index (χ0n) is 13.0. The van der Waals surface area contributed by atoms with Gasteiger partial charge in [0.25, 0.3) is 0 Å². The zero-order chi connectivity index (χ0) is 16.8. The lowest BCUT2D eigenvalue weighted by atomic mass is 9.81. The number of hydrogen-bond donors (Lipinski definition) is 2. The van der Waals surface area contributed by atoms with Gasteiger partial charge >= 0.3 is 6.09 Å². The Kier molecular flexibility index (Phi) is 3.53. The Labute approximate surface area is 139 Å². The van der Waals surface area contributed by atoms with Gasteiger partial charge in [-0.25, -0.2) is 9.18 Å². The fourth-order valence-electron chi connectivity index (χ4n) is 4.31. The molecule has 0 radical (unpaired) electrons. The average molecular weight is 327 g/mol. The van der Waals surface area contributed by atoms with Crippen LogP contribution in [-0.2, 0) is 6.42 Å². The van der Waals surface area contributed by atoms with Gasteiger partial charge in [-0.1, -0.05) is 30.3 Å². The molecule has 1 unspecified atom stereocenters. The monoisotopic (exact) mass is 327 g/mol. The van der Waals surface area contributed by atoms with Crippen molar-refractivity contribution in [3.63, 3.8) is 0 Å². The highest BCUT2D eigenvalue weighted by atomic mass is 19.1. The first kappa shape index (κ1) is 15.1. The number of nitrogens with zero attached hydrogens (tertiary/aromatic N) is 1. The molecule has 3 atom stereocenters. The highest BCUT2D eigenvalue weighted by molar-refractivity contribution is 5.67. The molecule has 5 heteroatoms. The van der Waals surface area contributed by atoms with E-state index in [0.29, 0.717) is 6.42 Å². The summed E-state index contributed by atoms with van der Waals surface area (Å²) in [7, 11) is 0. The largest absolute Gasteiger partial charge is 0.465 e. The number of likely N-dealkylation sites (tertiary alicyclic amines) is 1. The summed E-state index contributed by atoms with van der Waals surface area (Å²) in [6.45, 7) is 0.162. The number of halogens is 1. The molecule has 0 aromatic heterocycles. The molecule has 2 aliphatic rings. The molecular weight excluding hydrogens is 309 g/mol. The Balaban J connectivity index is 1.98. The molecule has 2 aromatic carbocycles. The van der Waals surface area contributed by atoms with E-state index in [4.69, 9.17) is 0 Å². The maximum Gasteiger partial charge on any atom is 0.407 e. The van der Waals surface area contributed by atoms with E-state index in [1.807, 2.05) is 24.3 Å². The molecule has 1 fully saturated rings. The predicted octanol–water partition coefficient (Wildman–Crippen LogP) is 3.16. The molecule has 1 amide bonds. The Morgan fingerprint density at radius 3 is 2.67 bits per heavy atom. The van der Waals surface area contributed by atoms with Crippen LogP contribution in [0.1, 0.15) is 34.2 Å². The standard InChI is InChI=1S/C19H18FNO3/c20-14-6-5-12-7-11-3-1-2-4-15(11)17-13(10-22)9-21(19(23)24)18(17)16(12)8-14/h1-6,8,13,17-18,22H,7,9-10H2,(H,23,24)/t13?,17-,18-/m1/s1. The highest BCUT2D eigenvalue weighted by Gasteiger charge is 2.47. The average Bonchev–Trinajstić information content (AvgIpc) is 2.90. The van der Waals surface area contributed by atoms with Crippen molar-refractivity contribution in [2.75, 3.05) is 13.2 Å². The van der Waals surface area contributed by atoms with Gasteiger partial charge in [-0.15, -0.1) is 0 Å². The van der Waals surface area contributed by atoms with E-state index in [0.717, 1.165) is 22.3 Å². The Morgan fingerprint density at radius 2 is 1.92 bits per heavy atom. The number of carboxylic acid groups (broad SMARTS) is 1. The van der Waals surface area contributed by atoms with Crippen molar-refractivity contribution in [3.05, 3.63) is 70.5 Å². The predicted molar refractivity (Wildman–Crippen MR) is 86.4 cm³/mol. The Morgan fingerprint density at radius 1 is 1.17 bits per heavy atom. The summed E-state index contributed by atoms with van der Waals surface area (Å²) in [4.78, 5) is 13.1. The fraction of sp³-hybridized carbons (Fsp3) is 0.316. The van der Waals surface area contributed by atoms with Gasteiger partial charge in [-0.3, -0.25) is 0 Å². The van der Waals surface area contributed by atoms with Crippen LogP contribution < -0.4 is 0 Å². The van der Waals surface area contributed by atoms with Gasteiger partial charge in [-0.2, -0.15) is 0 Å². The van der Waals surface area contributed by atoms with Crippen LogP contribution >= 0.6 is 0 Å². The first-order chi connectivity index (χ1) is 11.6. The van der Waals surface area contributed by atoms with E-state index < -0.39 is 12.1 Å². The van der Waals surface area contributed by atoms with Crippen molar-refractivity contribution in [2.45, 2.75) is 18.4 Å². The van der Waals surface area contributed by atoms with Crippen molar-refractivity contribution in [1.82, 2.24) is 4.90 Å². The molecule has 0 spiro atoms. The van der Waals surface area contributed by atoms with Crippen molar-refractivity contribution in [1.29, 1.82) is 0 Å². The molecule has 1 aliphatic heterocycles. The lowest BCUT2D eigenvalue weighted by Crippen LogP contribution is -2.30. The lowest BCUT2D eigenvalue weighted by Gasteiger charge is -2.27. The molecule has 4 rings (SSSR count). The summed E-state index contributed by atoms with van der Waals surface area (Å²) >= 11 is 0. The third-order valence-corrected chi connectivity index (χ3v) is 5.32. The van der Waals surface area contributed by atoms with Crippen LogP contribution in [0.3, 0.4) is 0 Å². The first-order valence-electron chi connectivity index (χ1n) is 8.06. The molecular formula is C19H18FNO3. The van der Waals surface area contributed by atoms with Crippen LogP contribution in [0, 0.1) is 11.7 Å². The minimum Gasteiger partial charge on any atom is -0.465 e. The number of amides is 1. The van der Waals surface area contributed by atoms with Gasteiger partial charge in [0, 0.05) is 25.0 Å². The second-order valence-corrected chi connectivity index (χ2v) is 6.57. The third kappa shape index (κ3) is 2.19. The number of benzene rings is 2. The molecule has 1 heterocycles. The van der Waals surface area contributed by atoms with Crippen LogP contribution in [-0.4, -0.2) is 34.4 Å². The van der Waals surface area contributed by atoms with Gasteiger partial charge in [0.05, 0.1) is 6.04 Å².